The summed E-state index contributed by atoms with van der Waals surface area (Å²) >= 11 is 1.37. The Hall–Kier alpha value is -1.95. The number of para-hydroxylation sites is 1. The van der Waals surface area contributed by atoms with Crippen LogP contribution in [0.15, 0.2) is 24.3 Å². The van der Waals surface area contributed by atoms with Gasteiger partial charge in [-0.25, -0.2) is 0 Å². The van der Waals surface area contributed by atoms with E-state index in [1.165, 1.54) is 11.3 Å². The molecule has 1 aliphatic heterocycles. The number of rotatable bonds is 2. The second-order valence-electron chi connectivity index (χ2n) is 4.67. The number of aromatic nitrogens is 2. The lowest BCUT2D eigenvalue weighted by Crippen LogP contribution is -2.25. The lowest BCUT2D eigenvalue weighted by molar-refractivity contribution is -0.117. The Morgan fingerprint density at radius 1 is 1.37 bits per heavy atom. The third kappa shape index (κ3) is 2.19. The molecular weight excluding hydrogens is 260 g/mol. The molecule has 98 valence electrons. The van der Waals surface area contributed by atoms with Crippen molar-refractivity contribution in [2.75, 3.05) is 17.2 Å². The first-order valence-electron chi connectivity index (χ1n) is 6.10. The van der Waals surface area contributed by atoms with Crippen molar-refractivity contribution in [1.82, 2.24) is 10.2 Å². The van der Waals surface area contributed by atoms with Crippen molar-refractivity contribution in [3.8, 4) is 0 Å². The Morgan fingerprint density at radius 2 is 2.16 bits per heavy atom. The highest BCUT2D eigenvalue weighted by molar-refractivity contribution is 7.15. The zero-order valence-electron chi connectivity index (χ0n) is 10.5. The number of nitrogens with zero attached hydrogens (tertiary/aromatic N) is 3. The van der Waals surface area contributed by atoms with Crippen molar-refractivity contribution in [3.05, 3.63) is 34.8 Å². The average molecular weight is 274 g/mol. The highest BCUT2D eigenvalue weighted by Crippen LogP contribution is 2.34. The number of anilines is 2. The number of hydrogen-bond donors (Lipinski definition) is 1. The molecule has 19 heavy (non-hydrogen) atoms. The molecule has 1 amide bonds. The average Bonchev–Trinajstić information content (AvgIpc) is 2.96. The standard InChI is InChI=1S/C13H14N4OS/c1-8-4-2-3-5-10(8)17-7-9(6-11(17)18)12-15-16-13(14)19-12/h2-5,9H,6-7H2,1H3,(H2,14,16)/t9-/m1/s1. The summed E-state index contributed by atoms with van der Waals surface area (Å²) in [6.07, 6.45) is 0.475. The summed E-state index contributed by atoms with van der Waals surface area (Å²) in [5.41, 5.74) is 7.68. The van der Waals surface area contributed by atoms with Crippen molar-refractivity contribution in [1.29, 1.82) is 0 Å². The molecule has 2 N–H and O–H groups in total. The van der Waals surface area contributed by atoms with E-state index in [-0.39, 0.29) is 11.8 Å². The molecule has 0 unspecified atom stereocenters. The number of aryl methyl sites for hydroxylation is 1. The SMILES string of the molecule is Cc1ccccc1N1C[C@H](c2nnc(N)s2)CC1=O. The van der Waals surface area contributed by atoms with Gasteiger partial charge in [-0.05, 0) is 18.6 Å². The fraction of sp³-hybridized carbons (Fsp3) is 0.308. The molecule has 5 nitrogen and oxygen atoms in total. The van der Waals surface area contributed by atoms with E-state index in [4.69, 9.17) is 5.73 Å². The minimum absolute atomic E-state index is 0.0990. The van der Waals surface area contributed by atoms with Gasteiger partial charge in [-0.3, -0.25) is 4.79 Å². The fourth-order valence-electron chi connectivity index (χ4n) is 2.38. The number of nitrogens with two attached hydrogens (primary N) is 1. The lowest BCUT2D eigenvalue weighted by atomic mass is 10.1. The zero-order chi connectivity index (χ0) is 13.4. The predicted molar refractivity (Wildman–Crippen MR) is 75.2 cm³/mol. The smallest absolute Gasteiger partial charge is 0.227 e. The van der Waals surface area contributed by atoms with Gasteiger partial charge < -0.3 is 10.6 Å². The van der Waals surface area contributed by atoms with Gasteiger partial charge in [0.15, 0.2) is 0 Å². The van der Waals surface area contributed by atoms with Gasteiger partial charge in [0, 0.05) is 24.6 Å². The summed E-state index contributed by atoms with van der Waals surface area (Å²) in [5.74, 6) is 0.231. The molecule has 1 saturated heterocycles. The molecule has 2 heterocycles. The maximum Gasteiger partial charge on any atom is 0.227 e. The first-order valence-corrected chi connectivity index (χ1v) is 6.91. The van der Waals surface area contributed by atoms with Gasteiger partial charge in [-0.15, -0.1) is 10.2 Å². The van der Waals surface area contributed by atoms with Gasteiger partial charge >= 0.3 is 0 Å². The quantitative estimate of drug-likeness (QED) is 0.908. The Bertz CT molecular complexity index is 625. The number of nitrogen functional groups attached to an aromatic ring is 1. The van der Waals surface area contributed by atoms with E-state index in [0.717, 1.165) is 16.3 Å². The summed E-state index contributed by atoms with van der Waals surface area (Å²) in [6.45, 7) is 2.66. The molecule has 1 aromatic carbocycles. The van der Waals surface area contributed by atoms with Crippen LogP contribution in [-0.2, 0) is 4.79 Å². The largest absolute Gasteiger partial charge is 0.374 e. The molecule has 1 aliphatic rings. The highest BCUT2D eigenvalue weighted by Gasteiger charge is 2.34. The first kappa shape index (κ1) is 12.1. The van der Waals surface area contributed by atoms with Gasteiger partial charge in [0.1, 0.15) is 5.01 Å². The maximum atomic E-state index is 12.2. The Morgan fingerprint density at radius 3 is 2.84 bits per heavy atom. The van der Waals surface area contributed by atoms with Crippen molar-refractivity contribution in [3.63, 3.8) is 0 Å². The first-order chi connectivity index (χ1) is 9.15. The molecule has 0 saturated carbocycles. The van der Waals surface area contributed by atoms with E-state index in [1.54, 1.807) is 0 Å². The Balaban J connectivity index is 1.86. The van der Waals surface area contributed by atoms with Crippen LogP contribution in [0, 0.1) is 6.92 Å². The van der Waals surface area contributed by atoms with Crippen molar-refractivity contribution >= 4 is 28.1 Å². The number of benzene rings is 1. The summed E-state index contributed by atoms with van der Waals surface area (Å²) in [6, 6.07) is 7.91. The van der Waals surface area contributed by atoms with Crippen LogP contribution in [-0.4, -0.2) is 22.6 Å². The number of carbonyl (C=O) groups excluding carboxylic acids is 1. The summed E-state index contributed by atoms with van der Waals surface area (Å²) in [4.78, 5) is 14.0. The van der Waals surface area contributed by atoms with E-state index in [2.05, 4.69) is 10.2 Å². The molecule has 1 aromatic heterocycles. The van der Waals surface area contributed by atoms with Gasteiger partial charge in [0.2, 0.25) is 11.0 Å². The number of amides is 1. The van der Waals surface area contributed by atoms with Crippen LogP contribution in [0.2, 0.25) is 0 Å². The lowest BCUT2D eigenvalue weighted by Gasteiger charge is -2.18. The molecule has 1 fully saturated rings. The van der Waals surface area contributed by atoms with Gasteiger partial charge in [-0.1, -0.05) is 29.5 Å². The van der Waals surface area contributed by atoms with Crippen LogP contribution in [0.3, 0.4) is 0 Å². The van der Waals surface area contributed by atoms with Gasteiger partial charge in [0.25, 0.3) is 0 Å². The van der Waals surface area contributed by atoms with E-state index in [9.17, 15) is 4.79 Å². The summed E-state index contributed by atoms with van der Waals surface area (Å²) < 4.78 is 0. The minimum Gasteiger partial charge on any atom is -0.374 e. The predicted octanol–water partition coefficient (Wildman–Crippen LogP) is 1.95. The molecule has 0 radical (unpaired) electrons. The number of hydrogen-bond acceptors (Lipinski definition) is 5. The normalized spacial score (nSPS) is 19.1. The van der Waals surface area contributed by atoms with Gasteiger partial charge in [-0.2, -0.15) is 0 Å². The topological polar surface area (TPSA) is 72.1 Å². The molecule has 3 rings (SSSR count). The Kier molecular flexibility index (Phi) is 2.94. The third-order valence-electron chi connectivity index (χ3n) is 3.34. The van der Waals surface area contributed by atoms with Crippen LogP contribution in [0.5, 0.6) is 0 Å². The molecule has 0 spiro atoms. The van der Waals surface area contributed by atoms with E-state index < -0.39 is 0 Å². The van der Waals surface area contributed by atoms with Gasteiger partial charge in [0.05, 0.1) is 0 Å². The Labute approximate surface area is 115 Å². The fourth-order valence-corrected chi connectivity index (χ4v) is 3.09. The van der Waals surface area contributed by atoms with Crippen LogP contribution >= 0.6 is 11.3 Å². The van der Waals surface area contributed by atoms with Crippen LogP contribution < -0.4 is 10.6 Å². The van der Waals surface area contributed by atoms with Crippen molar-refractivity contribution < 1.29 is 4.79 Å². The van der Waals surface area contributed by atoms with Crippen molar-refractivity contribution in [2.45, 2.75) is 19.3 Å². The highest BCUT2D eigenvalue weighted by atomic mass is 32.1. The van der Waals surface area contributed by atoms with E-state index in [0.29, 0.717) is 18.1 Å². The molecule has 0 bridgehead atoms. The second kappa shape index (κ2) is 4.62. The number of carbonyl (C=O) groups is 1. The monoisotopic (exact) mass is 274 g/mol. The molecular formula is C13H14N4OS. The maximum absolute atomic E-state index is 12.2. The zero-order valence-corrected chi connectivity index (χ0v) is 11.4. The summed E-state index contributed by atoms with van der Waals surface area (Å²) in [5, 5.41) is 9.17. The second-order valence-corrected chi connectivity index (χ2v) is 5.71. The van der Waals surface area contributed by atoms with E-state index >= 15 is 0 Å². The molecule has 6 heteroatoms. The molecule has 2 aromatic rings. The van der Waals surface area contributed by atoms with Crippen LogP contribution in [0.1, 0.15) is 22.9 Å². The third-order valence-corrected chi connectivity index (χ3v) is 4.25. The minimum atomic E-state index is 0.0990. The van der Waals surface area contributed by atoms with Crippen molar-refractivity contribution in [2.24, 2.45) is 0 Å². The van der Waals surface area contributed by atoms with Crippen LogP contribution in [0.4, 0.5) is 10.8 Å². The van der Waals surface area contributed by atoms with E-state index in [1.807, 2.05) is 36.1 Å². The molecule has 1 atom stereocenters. The van der Waals surface area contributed by atoms with Crippen LogP contribution in [0.25, 0.3) is 0 Å². The summed E-state index contributed by atoms with van der Waals surface area (Å²) in [7, 11) is 0. The molecule has 0 aliphatic carbocycles.